The van der Waals surface area contributed by atoms with Crippen LogP contribution in [0.2, 0.25) is 0 Å². The molecule has 1 saturated heterocycles. The smallest absolute Gasteiger partial charge is 0.257 e. The average molecular weight is 545 g/mol. The summed E-state index contributed by atoms with van der Waals surface area (Å²) in [6.07, 6.45) is 4.23. The molecule has 1 aromatic heterocycles. The summed E-state index contributed by atoms with van der Waals surface area (Å²) in [6, 6.07) is 16.2. The number of para-hydroxylation sites is 1. The zero-order valence-corrected chi connectivity index (χ0v) is 22.8. The van der Waals surface area contributed by atoms with Crippen molar-refractivity contribution < 1.29 is 19.1 Å². The molecule has 0 aliphatic carbocycles. The lowest BCUT2D eigenvalue weighted by molar-refractivity contribution is -0.137. The van der Waals surface area contributed by atoms with E-state index in [0.29, 0.717) is 76.2 Å². The molecule has 3 aromatic rings. The summed E-state index contributed by atoms with van der Waals surface area (Å²) < 4.78 is 7.44. The number of fused-ring (bicyclic) bond motifs is 2. The highest BCUT2D eigenvalue weighted by Crippen LogP contribution is 2.36. The van der Waals surface area contributed by atoms with Crippen molar-refractivity contribution in [3.63, 3.8) is 0 Å². The van der Waals surface area contributed by atoms with Gasteiger partial charge in [0.15, 0.2) is 0 Å². The Kier molecular flexibility index (Phi) is 8.42. The lowest BCUT2D eigenvalue weighted by Crippen LogP contribution is -2.56. The van der Waals surface area contributed by atoms with E-state index in [2.05, 4.69) is 20.9 Å². The Hall–Kier alpha value is -4.21. The van der Waals surface area contributed by atoms with Gasteiger partial charge in [0, 0.05) is 45.2 Å². The summed E-state index contributed by atoms with van der Waals surface area (Å²) in [5, 5.41) is 14.6. The predicted molar refractivity (Wildman–Crippen MR) is 149 cm³/mol. The predicted octanol–water partition coefficient (Wildman–Crippen LogP) is 2.39. The van der Waals surface area contributed by atoms with E-state index in [1.54, 1.807) is 21.7 Å². The molecule has 5 rings (SSSR count). The van der Waals surface area contributed by atoms with Gasteiger partial charge < -0.3 is 20.3 Å². The maximum absolute atomic E-state index is 14.1. The maximum Gasteiger partial charge on any atom is 0.257 e. The first-order valence-corrected chi connectivity index (χ1v) is 14.0. The number of hydrogen-bond donors (Lipinski definition) is 2. The van der Waals surface area contributed by atoms with Gasteiger partial charge in [-0.15, -0.1) is 5.10 Å². The van der Waals surface area contributed by atoms with Crippen LogP contribution in [0.25, 0.3) is 0 Å². The van der Waals surface area contributed by atoms with Crippen LogP contribution in [0.3, 0.4) is 0 Å². The van der Waals surface area contributed by atoms with Crippen molar-refractivity contribution in [2.24, 2.45) is 5.41 Å². The number of ether oxygens (including phenoxy) is 1. The van der Waals surface area contributed by atoms with Crippen molar-refractivity contribution in [2.45, 2.75) is 51.6 Å². The second kappa shape index (κ2) is 12.3. The Morgan fingerprint density at radius 2 is 1.80 bits per heavy atom. The molecule has 2 aliphatic rings. The number of rotatable bonds is 5. The van der Waals surface area contributed by atoms with Gasteiger partial charge in [-0.25, -0.2) is 0 Å². The molecule has 3 amide bonds. The van der Waals surface area contributed by atoms with Crippen LogP contribution in [-0.4, -0.2) is 69.9 Å². The van der Waals surface area contributed by atoms with Crippen LogP contribution in [0.1, 0.15) is 47.8 Å². The van der Waals surface area contributed by atoms with Gasteiger partial charge in [0.05, 0.1) is 23.3 Å². The average Bonchev–Trinajstić information content (AvgIpc) is 3.42. The highest BCUT2D eigenvalue weighted by molar-refractivity contribution is 5.97. The first-order chi connectivity index (χ1) is 19.5. The molecule has 0 saturated carbocycles. The molecule has 3 heterocycles. The van der Waals surface area contributed by atoms with Crippen LogP contribution >= 0.6 is 0 Å². The molecule has 0 unspecified atom stereocenters. The van der Waals surface area contributed by atoms with Crippen molar-refractivity contribution >= 4 is 17.7 Å². The Morgan fingerprint density at radius 3 is 2.58 bits per heavy atom. The number of carbonyl (C=O) groups excluding carboxylic acids is 3. The molecule has 1 fully saturated rings. The number of aromatic nitrogens is 3. The van der Waals surface area contributed by atoms with E-state index in [1.807, 2.05) is 55.6 Å². The lowest BCUT2D eigenvalue weighted by atomic mass is 9.73. The van der Waals surface area contributed by atoms with Gasteiger partial charge in [0.25, 0.3) is 5.91 Å². The van der Waals surface area contributed by atoms with Crippen molar-refractivity contribution in [3.8, 4) is 5.75 Å². The third-order valence-corrected chi connectivity index (χ3v) is 7.78. The third-order valence-electron chi connectivity index (χ3n) is 7.78. The van der Waals surface area contributed by atoms with Crippen molar-refractivity contribution in [3.05, 3.63) is 77.6 Å². The number of nitrogens with one attached hydrogen (secondary N) is 2. The van der Waals surface area contributed by atoms with E-state index in [0.717, 1.165) is 11.3 Å². The molecule has 10 nitrogen and oxygen atoms in total. The van der Waals surface area contributed by atoms with E-state index in [4.69, 9.17) is 4.74 Å². The second-order valence-corrected chi connectivity index (χ2v) is 10.5. The molecule has 2 aliphatic heterocycles. The molecule has 2 N–H and O–H groups in total. The standard InChI is InChI=1S/C30H36N6O4/c1-2-40-26-12-7-6-11-24(26)28(38)35-17-13-30(14-18-35)20-23-21-36(34-33-23)16-8-15-31-27(37)25(32-29(30)39)19-22-9-4-3-5-10-22/h3-7,9-12,21,25H,2,8,13-20H2,1H3,(H,31,37)(H,32,39)/t25-/m0/s1. The van der Waals surface area contributed by atoms with E-state index < -0.39 is 11.5 Å². The van der Waals surface area contributed by atoms with Crippen LogP contribution in [0.15, 0.2) is 60.8 Å². The van der Waals surface area contributed by atoms with Crippen LogP contribution < -0.4 is 15.4 Å². The second-order valence-electron chi connectivity index (χ2n) is 10.5. The SMILES string of the molecule is CCOc1ccccc1C(=O)N1CCC2(CC1)Cc1cn(nn1)CCCNC(=O)[C@H](Cc1ccccc1)NC2=O. The fourth-order valence-electron chi connectivity index (χ4n) is 5.54. The van der Waals surface area contributed by atoms with E-state index in [9.17, 15) is 14.4 Å². The van der Waals surface area contributed by atoms with Gasteiger partial charge >= 0.3 is 0 Å². The summed E-state index contributed by atoms with van der Waals surface area (Å²) >= 11 is 0. The van der Waals surface area contributed by atoms with Crippen LogP contribution in [0, 0.1) is 5.41 Å². The van der Waals surface area contributed by atoms with E-state index in [-0.39, 0.29) is 17.7 Å². The minimum atomic E-state index is -0.833. The zero-order chi connectivity index (χ0) is 28.0. The highest BCUT2D eigenvalue weighted by atomic mass is 16.5. The van der Waals surface area contributed by atoms with Crippen molar-refractivity contribution in [1.29, 1.82) is 0 Å². The van der Waals surface area contributed by atoms with E-state index >= 15 is 0 Å². The fraction of sp³-hybridized carbons (Fsp3) is 0.433. The molecule has 10 heteroatoms. The van der Waals surface area contributed by atoms with Gasteiger partial charge in [-0.05, 0) is 43.9 Å². The third kappa shape index (κ3) is 6.16. The number of carbonyl (C=O) groups is 3. The first-order valence-electron chi connectivity index (χ1n) is 14.0. The van der Waals surface area contributed by atoms with Gasteiger partial charge in [0.2, 0.25) is 11.8 Å². The summed E-state index contributed by atoms with van der Waals surface area (Å²) in [5.74, 6) is 0.0436. The van der Waals surface area contributed by atoms with Crippen molar-refractivity contribution in [1.82, 2.24) is 30.5 Å². The number of hydrogen-bond acceptors (Lipinski definition) is 6. The normalized spacial score (nSPS) is 19.5. The first kappa shape index (κ1) is 27.4. The van der Waals surface area contributed by atoms with Crippen LogP contribution in [0.5, 0.6) is 5.75 Å². The molecular formula is C30H36N6O4. The Bertz CT molecular complexity index is 1330. The minimum Gasteiger partial charge on any atom is -0.493 e. The highest BCUT2D eigenvalue weighted by Gasteiger charge is 2.44. The topological polar surface area (TPSA) is 118 Å². The van der Waals surface area contributed by atoms with Gasteiger partial charge in [-0.1, -0.05) is 47.7 Å². The number of aryl methyl sites for hydroxylation is 1. The molecule has 1 spiro atoms. The quantitative estimate of drug-likeness (QED) is 0.509. The molecule has 1 atom stereocenters. The number of likely N-dealkylation sites (tertiary alicyclic amines) is 1. The largest absolute Gasteiger partial charge is 0.493 e. The van der Waals surface area contributed by atoms with Crippen LogP contribution in [0.4, 0.5) is 0 Å². The number of benzene rings is 2. The number of piperidine rings is 1. The molecule has 2 aromatic carbocycles. The fourth-order valence-corrected chi connectivity index (χ4v) is 5.54. The number of nitrogens with zero attached hydrogens (tertiary/aromatic N) is 4. The molecule has 40 heavy (non-hydrogen) atoms. The van der Waals surface area contributed by atoms with Crippen molar-refractivity contribution in [2.75, 3.05) is 26.2 Å². The van der Waals surface area contributed by atoms with Gasteiger partial charge in [0.1, 0.15) is 11.8 Å². The Labute approximate surface area is 234 Å². The summed E-state index contributed by atoms with van der Waals surface area (Å²) in [7, 11) is 0. The van der Waals surface area contributed by atoms with Gasteiger partial charge in [-0.2, -0.15) is 0 Å². The summed E-state index contributed by atoms with van der Waals surface area (Å²) in [6.45, 7) is 4.24. The summed E-state index contributed by atoms with van der Waals surface area (Å²) in [4.78, 5) is 42.5. The minimum absolute atomic E-state index is 0.115. The zero-order valence-electron chi connectivity index (χ0n) is 22.8. The monoisotopic (exact) mass is 544 g/mol. The summed E-state index contributed by atoms with van der Waals surface area (Å²) in [5.41, 5.74) is 1.38. The number of amides is 3. The molecular weight excluding hydrogens is 508 g/mol. The lowest BCUT2D eigenvalue weighted by Gasteiger charge is -2.41. The Morgan fingerprint density at radius 1 is 1.05 bits per heavy atom. The van der Waals surface area contributed by atoms with Crippen LogP contribution in [-0.2, 0) is 29.0 Å². The molecule has 210 valence electrons. The van der Waals surface area contributed by atoms with Gasteiger partial charge in [-0.3, -0.25) is 19.1 Å². The Balaban J connectivity index is 1.39. The van der Waals surface area contributed by atoms with E-state index in [1.165, 1.54) is 0 Å². The molecule has 2 bridgehead atoms. The molecule has 0 radical (unpaired) electrons. The maximum atomic E-state index is 14.1.